The van der Waals surface area contributed by atoms with Gasteiger partial charge in [-0.1, -0.05) is 47.5 Å². The SMILES string of the molecule is CCc1c(N)nnn1Cc1cccc(Cl)c1Cl. The molecule has 1 heterocycles. The molecule has 1 aromatic heterocycles. The number of anilines is 1. The third kappa shape index (κ3) is 2.37. The van der Waals surface area contributed by atoms with Crippen LogP contribution in [0.25, 0.3) is 0 Å². The van der Waals surface area contributed by atoms with Gasteiger partial charge in [-0.15, -0.1) is 5.10 Å². The molecule has 0 aliphatic heterocycles. The molecule has 0 spiro atoms. The van der Waals surface area contributed by atoms with Crippen LogP contribution >= 0.6 is 23.2 Å². The van der Waals surface area contributed by atoms with Crippen LogP contribution in [-0.4, -0.2) is 15.0 Å². The summed E-state index contributed by atoms with van der Waals surface area (Å²) < 4.78 is 1.74. The van der Waals surface area contributed by atoms with E-state index in [1.807, 2.05) is 19.1 Å². The number of benzene rings is 1. The van der Waals surface area contributed by atoms with Gasteiger partial charge in [-0.25, -0.2) is 4.68 Å². The predicted octanol–water partition coefficient (Wildman–Crippen LogP) is 2.78. The molecule has 17 heavy (non-hydrogen) atoms. The fraction of sp³-hybridized carbons (Fsp3) is 0.273. The van der Waals surface area contributed by atoms with E-state index in [1.165, 1.54) is 0 Å². The molecule has 2 rings (SSSR count). The van der Waals surface area contributed by atoms with E-state index in [1.54, 1.807) is 10.7 Å². The van der Waals surface area contributed by atoms with E-state index in [9.17, 15) is 0 Å². The average molecular weight is 271 g/mol. The first-order valence-electron chi connectivity index (χ1n) is 5.24. The fourth-order valence-corrected chi connectivity index (χ4v) is 2.05. The Kier molecular flexibility index (Phi) is 3.54. The minimum atomic E-state index is 0.464. The van der Waals surface area contributed by atoms with E-state index in [0.717, 1.165) is 17.7 Å². The lowest BCUT2D eigenvalue weighted by Crippen LogP contribution is -2.07. The van der Waals surface area contributed by atoms with Gasteiger partial charge in [0.1, 0.15) is 0 Å². The van der Waals surface area contributed by atoms with Crippen molar-refractivity contribution in [2.75, 3.05) is 5.73 Å². The van der Waals surface area contributed by atoms with Crippen molar-refractivity contribution < 1.29 is 0 Å². The first-order valence-corrected chi connectivity index (χ1v) is 5.99. The van der Waals surface area contributed by atoms with Gasteiger partial charge in [0.15, 0.2) is 5.82 Å². The number of hydrogen-bond acceptors (Lipinski definition) is 3. The van der Waals surface area contributed by atoms with E-state index in [0.29, 0.717) is 22.4 Å². The number of nitrogen functional groups attached to an aromatic ring is 1. The molecule has 0 fully saturated rings. The Balaban J connectivity index is 2.35. The second-order valence-electron chi connectivity index (χ2n) is 3.65. The van der Waals surface area contributed by atoms with Crippen molar-refractivity contribution in [3.63, 3.8) is 0 Å². The second-order valence-corrected chi connectivity index (χ2v) is 4.43. The van der Waals surface area contributed by atoms with E-state index in [2.05, 4.69) is 10.3 Å². The minimum Gasteiger partial charge on any atom is -0.381 e. The van der Waals surface area contributed by atoms with Crippen LogP contribution in [0.3, 0.4) is 0 Å². The molecule has 0 saturated carbocycles. The van der Waals surface area contributed by atoms with Crippen molar-refractivity contribution in [1.29, 1.82) is 0 Å². The quantitative estimate of drug-likeness (QED) is 0.933. The molecule has 2 N–H and O–H groups in total. The van der Waals surface area contributed by atoms with Crippen molar-refractivity contribution in [3.05, 3.63) is 39.5 Å². The van der Waals surface area contributed by atoms with Crippen LogP contribution in [0, 0.1) is 0 Å². The Bertz CT molecular complexity index is 536. The Morgan fingerprint density at radius 2 is 2.12 bits per heavy atom. The van der Waals surface area contributed by atoms with Crippen molar-refractivity contribution >= 4 is 29.0 Å². The van der Waals surface area contributed by atoms with Gasteiger partial charge in [0, 0.05) is 0 Å². The highest BCUT2D eigenvalue weighted by atomic mass is 35.5. The van der Waals surface area contributed by atoms with Crippen LogP contribution in [0.4, 0.5) is 5.82 Å². The van der Waals surface area contributed by atoms with Crippen molar-refractivity contribution in [2.45, 2.75) is 19.9 Å². The Morgan fingerprint density at radius 1 is 1.35 bits per heavy atom. The summed E-state index contributed by atoms with van der Waals surface area (Å²) in [4.78, 5) is 0. The number of hydrogen-bond donors (Lipinski definition) is 1. The predicted molar refractivity (Wildman–Crippen MR) is 69.4 cm³/mol. The molecule has 6 heteroatoms. The van der Waals surface area contributed by atoms with Crippen molar-refractivity contribution in [2.24, 2.45) is 0 Å². The maximum atomic E-state index is 6.12. The van der Waals surface area contributed by atoms with E-state index >= 15 is 0 Å². The van der Waals surface area contributed by atoms with Crippen LogP contribution in [0.15, 0.2) is 18.2 Å². The van der Waals surface area contributed by atoms with Crippen molar-refractivity contribution in [3.8, 4) is 0 Å². The normalized spacial score (nSPS) is 10.8. The molecule has 0 amide bonds. The van der Waals surface area contributed by atoms with Crippen molar-refractivity contribution in [1.82, 2.24) is 15.0 Å². The maximum Gasteiger partial charge on any atom is 0.169 e. The molecule has 0 aliphatic rings. The maximum absolute atomic E-state index is 6.12. The van der Waals surface area contributed by atoms with Gasteiger partial charge in [0.25, 0.3) is 0 Å². The number of nitrogens with two attached hydrogens (primary N) is 1. The lowest BCUT2D eigenvalue weighted by Gasteiger charge is -2.07. The number of rotatable bonds is 3. The molecular formula is C11H12Cl2N4. The molecule has 1 aromatic carbocycles. The molecule has 0 bridgehead atoms. The van der Waals surface area contributed by atoms with Crippen LogP contribution < -0.4 is 5.73 Å². The molecule has 0 radical (unpaired) electrons. The van der Waals surface area contributed by atoms with Gasteiger partial charge in [0.2, 0.25) is 0 Å². The summed E-state index contributed by atoms with van der Waals surface area (Å²) >= 11 is 12.1. The van der Waals surface area contributed by atoms with Gasteiger partial charge in [-0.2, -0.15) is 0 Å². The monoisotopic (exact) mass is 270 g/mol. The van der Waals surface area contributed by atoms with Crippen LogP contribution in [-0.2, 0) is 13.0 Å². The number of halogens is 2. The summed E-state index contributed by atoms with van der Waals surface area (Å²) in [7, 11) is 0. The number of nitrogens with zero attached hydrogens (tertiary/aromatic N) is 3. The molecule has 2 aromatic rings. The molecule has 0 aliphatic carbocycles. The van der Waals surface area contributed by atoms with E-state index in [4.69, 9.17) is 28.9 Å². The second kappa shape index (κ2) is 4.94. The third-order valence-corrected chi connectivity index (χ3v) is 3.41. The zero-order valence-electron chi connectivity index (χ0n) is 9.32. The Labute approximate surface area is 109 Å². The van der Waals surface area contributed by atoms with Gasteiger partial charge >= 0.3 is 0 Å². The first kappa shape index (κ1) is 12.2. The first-order chi connectivity index (χ1) is 8.13. The topological polar surface area (TPSA) is 56.7 Å². The third-order valence-electron chi connectivity index (χ3n) is 2.55. The van der Waals surface area contributed by atoms with E-state index in [-0.39, 0.29) is 0 Å². The van der Waals surface area contributed by atoms with Crippen LogP contribution in [0.5, 0.6) is 0 Å². The summed E-state index contributed by atoms with van der Waals surface area (Å²) in [6, 6.07) is 5.52. The van der Waals surface area contributed by atoms with Crippen LogP contribution in [0.2, 0.25) is 10.0 Å². The highest BCUT2D eigenvalue weighted by Gasteiger charge is 2.11. The lowest BCUT2D eigenvalue weighted by molar-refractivity contribution is 0.622. The van der Waals surface area contributed by atoms with Gasteiger partial charge < -0.3 is 5.73 Å². The highest BCUT2D eigenvalue weighted by molar-refractivity contribution is 6.42. The van der Waals surface area contributed by atoms with Gasteiger partial charge in [-0.3, -0.25) is 0 Å². The molecular weight excluding hydrogens is 259 g/mol. The molecule has 0 saturated heterocycles. The zero-order valence-corrected chi connectivity index (χ0v) is 10.8. The zero-order chi connectivity index (χ0) is 12.4. The van der Waals surface area contributed by atoms with Gasteiger partial charge in [0.05, 0.1) is 22.3 Å². The molecule has 4 nitrogen and oxygen atoms in total. The Morgan fingerprint density at radius 3 is 2.82 bits per heavy atom. The summed E-state index contributed by atoms with van der Waals surface area (Å²) in [5.74, 6) is 0.464. The lowest BCUT2D eigenvalue weighted by atomic mass is 10.2. The average Bonchev–Trinajstić information content (AvgIpc) is 2.66. The molecule has 0 atom stereocenters. The fourth-order valence-electron chi connectivity index (χ4n) is 1.67. The van der Waals surface area contributed by atoms with Crippen LogP contribution in [0.1, 0.15) is 18.2 Å². The minimum absolute atomic E-state index is 0.464. The molecule has 0 unspecified atom stereocenters. The highest BCUT2D eigenvalue weighted by Crippen LogP contribution is 2.26. The summed E-state index contributed by atoms with van der Waals surface area (Å²) in [5, 5.41) is 8.93. The summed E-state index contributed by atoms with van der Waals surface area (Å²) in [5.41, 5.74) is 7.53. The Hall–Kier alpha value is -1.26. The molecule has 90 valence electrons. The standard InChI is InChI=1S/C11H12Cl2N4/c1-2-9-11(14)15-16-17(9)6-7-4-3-5-8(12)10(7)13/h3-5H,2,6,14H2,1H3. The summed E-state index contributed by atoms with van der Waals surface area (Å²) in [6.07, 6.45) is 0.775. The number of aromatic nitrogens is 3. The largest absolute Gasteiger partial charge is 0.381 e. The summed E-state index contributed by atoms with van der Waals surface area (Å²) in [6.45, 7) is 2.53. The van der Waals surface area contributed by atoms with Gasteiger partial charge in [-0.05, 0) is 18.1 Å². The smallest absolute Gasteiger partial charge is 0.169 e. The van der Waals surface area contributed by atoms with E-state index < -0.39 is 0 Å².